The second-order valence-electron chi connectivity index (χ2n) is 7.56. The van der Waals surface area contributed by atoms with E-state index in [-0.39, 0.29) is 46.1 Å². The Morgan fingerprint density at radius 1 is 1.35 bits per heavy atom. The molecule has 1 aromatic carbocycles. The molecule has 2 amide bonds. The van der Waals surface area contributed by atoms with Crippen molar-refractivity contribution < 1.29 is 19.1 Å². The van der Waals surface area contributed by atoms with Crippen molar-refractivity contribution in [2.75, 3.05) is 13.1 Å². The van der Waals surface area contributed by atoms with Crippen LogP contribution in [0, 0.1) is 17.7 Å². The number of aromatic amines is 1. The number of carbonyl (C=O) groups excluding carboxylic acids is 2. The Kier molecular flexibility index (Phi) is 4.09. The van der Waals surface area contributed by atoms with E-state index in [9.17, 15) is 19.1 Å². The van der Waals surface area contributed by atoms with Gasteiger partial charge in [0.25, 0.3) is 5.91 Å². The van der Waals surface area contributed by atoms with Gasteiger partial charge in [-0.3, -0.25) is 9.59 Å². The summed E-state index contributed by atoms with van der Waals surface area (Å²) in [4.78, 5) is 29.3. The van der Waals surface area contributed by atoms with Gasteiger partial charge in [-0.05, 0) is 43.4 Å². The zero-order valence-electron chi connectivity index (χ0n) is 14.6. The fraction of sp³-hybridized carbons (Fsp3) is 0.474. The fourth-order valence-corrected chi connectivity index (χ4v) is 3.95. The van der Waals surface area contributed by atoms with Crippen molar-refractivity contribution in [1.82, 2.24) is 15.2 Å². The van der Waals surface area contributed by atoms with Crippen molar-refractivity contribution in [3.05, 3.63) is 29.7 Å². The number of fused-ring (bicyclic) bond motifs is 1. The summed E-state index contributed by atoms with van der Waals surface area (Å²) < 4.78 is 13.9. The van der Waals surface area contributed by atoms with Crippen LogP contribution in [-0.4, -0.2) is 45.9 Å². The third kappa shape index (κ3) is 2.91. The van der Waals surface area contributed by atoms with Crippen LogP contribution in [-0.2, 0) is 4.79 Å². The van der Waals surface area contributed by atoms with Gasteiger partial charge in [-0.2, -0.15) is 0 Å². The summed E-state index contributed by atoms with van der Waals surface area (Å²) >= 11 is 0. The highest BCUT2D eigenvalue weighted by Gasteiger charge is 2.35. The SMILES string of the molecule is CC1CC(C(=O)N[C@@H]2CCN(C(=O)c3cc4c(O)ccc(F)c4[nH]3)C2)C1. The summed E-state index contributed by atoms with van der Waals surface area (Å²) in [6, 6.07) is 3.85. The Hall–Kier alpha value is -2.57. The summed E-state index contributed by atoms with van der Waals surface area (Å²) in [5.41, 5.74) is 0.358. The van der Waals surface area contributed by atoms with Crippen LogP contribution >= 0.6 is 0 Å². The van der Waals surface area contributed by atoms with Crippen LogP contribution in [0.3, 0.4) is 0 Å². The third-order valence-electron chi connectivity index (χ3n) is 5.52. The number of nitrogens with zero attached hydrogens (tertiary/aromatic N) is 1. The first-order chi connectivity index (χ1) is 12.4. The number of carbonyl (C=O) groups is 2. The minimum absolute atomic E-state index is 0.0446. The number of aromatic hydroxyl groups is 1. The molecule has 1 atom stereocenters. The first kappa shape index (κ1) is 16.9. The molecule has 1 saturated carbocycles. The number of amides is 2. The maximum absolute atomic E-state index is 13.9. The van der Waals surface area contributed by atoms with Gasteiger partial charge in [-0.15, -0.1) is 0 Å². The number of phenolic OH excluding ortho intramolecular Hbond substituents is 1. The molecule has 26 heavy (non-hydrogen) atoms. The summed E-state index contributed by atoms with van der Waals surface area (Å²) in [5.74, 6) is -0.0363. The van der Waals surface area contributed by atoms with Crippen molar-refractivity contribution in [3.8, 4) is 5.75 Å². The number of rotatable bonds is 3. The lowest BCUT2D eigenvalue weighted by Crippen LogP contribution is -2.44. The zero-order chi connectivity index (χ0) is 18.4. The standard InChI is InChI=1S/C19H22FN3O3/c1-10-6-11(7-10)18(25)21-12-4-5-23(9-12)19(26)15-8-13-16(24)3-2-14(20)17(13)22-15/h2-3,8,10-12,22,24H,4-7,9H2,1H3,(H,21,25)/t10?,11?,12-/m1/s1. The van der Waals surface area contributed by atoms with Crippen LogP contribution in [0.5, 0.6) is 5.75 Å². The van der Waals surface area contributed by atoms with Crippen molar-refractivity contribution in [1.29, 1.82) is 0 Å². The van der Waals surface area contributed by atoms with E-state index in [1.165, 1.54) is 12.1 Å². The molecule has 138 valence electrons. The lowest BCUT2D eigenvalue weighted by Gasteiger charge is -2.32. The molecular formula is C19H22FN3O3. The number of likely N-dealkylation sites (tertiary alicyclic amines) is 1. The van der Waals surface area contributed by atoms with E-state index >= 15 is 0 Å². The van der Waals surface area contributed by atoms with Crippen molar-refractivity contribution in [3.63, 3.8) is 0 Å². The van der Waals surface area contributed by atoms with E-state index in [1.54, 1.807) is 4.90 Å². The van der Waals surface area contributed by atoms with Crippen LogP contribution in [0.15, 0.2) is 18.2 Å². The molecule has 0 unspecified atom stereocenters. The highest BCUT2D eigenvalue weighted by atomic mass is 19.1. The van der Waals surface area contributed by atoms with E-state index in [2.05, 4.69) is 17.2 Å². The molecule has 2 aromatic rings. The molecule has 6 nitrogen and oxygen atoms in total. The molecule has 4 rings (SSSR count). The Morgan fingerprint density at radius 2 is 2.12 bits per heavy atom. The number of aromatic nitrogens is 1. The van der Waals surface area contributed by atoms with Gasteiger partial charge >= 0.3 is 0 Å². The lowest BCUT2D eigenvalue weighted by atomic mass is 9.75. The zero-order valence-corrected chi connectivity index (χ0v) is 14.6. The molecule has 7 heteroatoms. The van der Waals surface area contributed by atoms with Gasteiger partial charge in [-0.1, -0.05) is 6.92 Å². The number of H-pyrrole nitrogens is 1. The second-order valence-corrected chi connectivity index (χ2v) is 7.56. The molecule has 2 aliphatic rings. The van der Waals surface area contributed by atoms with Gasteiger partial charge in [0, 0.05) is 30.4 Å². The largest absolute Gasteiger partial charge is 0.507 e. The average Bonchev–Trinajstić information content (AvgIpc) is 3.22. The van der Waals surface area contributed by atoms with Gasteiger partial charge in [-0.25, -0.2) is 4.39 Å². The highest BCUT2D eigenvalue weighted by molar-refractivity contribution is 6.00. The third-order valence-corrected chi connectivity index (χ3v) is 5.52. The van der Waals surface area contributed by atoms with Crippen LogP contribution in [0.25, 0.3) is 10.9 Å². The van der Waals surface area contributed by atoms with Crippen LogP contribution in [0.2, 0.25) is 0 Å². The van der Waals surface area contributed by atoms with Crippen LogP contribution in [0.1, 0.15) is 36.7 Å². The van der Waals surface area contributed by atoms with E-state index in [4.69, 9.17) is 0 Å². The van der Waals surface area contributed by atoms with Crippen LogP contribution in [0.4, 0.5) is 4.39 Å². The Morgan fingerprint density at radius 3 is 2.81 bits per heavy atom. The van der Waals surface area contributed by atoms with Gasteiger partial charge in [0.2, 0.25) is 5.91 Å². The summed E-state index contributed by atoms with van der Waals surface area (Å²) in [7, 11) is 0. The Bertz CT molecular complexity index is 833. The van der Waals surface area contributed by atoms with Gasteiger partial charge in [0.15, 0.2) is 0 Å². The quantitative estimate of drug-likeness (QED) is 0.787. The normalized spacial score (nSPS) is 25.3. The van der Waals surface area contributed by atoms with Gasteiger partial charge < -0.3 is 20.3 Å². The fourth-order valence-electron chi connectivity index (χ4n) is 3.95. The summed E-state index contributed by atoms with van der Waals surface area (Å²) in [6.45, 7) is 3.12. The maximum atomic E-state index is 13.9. The molecule has 1 aliphatic carbocycles. The molecule has 1 aromatic heterocycles. The minimum Gasteiger partial charge on any atom is -0.507 e. The molecule has 0 bridgehead atoms. The van der Waals surface area contributed by atoms with Gasteiger partial charge in [0.1, 0.15) is 17.3 Å². The molecule has 2 heterocycles. The number of phenols is 1. The number of benzene rings is 1. The van der Waals surface area contributed by atoms with Crippen molar-refractivity contribution >= 4 is 22.7 Å². The predicted octanol–water partition coefficient (Wildman–Crippen LogP) is 2.39. The van der Waals surface area contributed by atoms with Crippen molar-refractivity contribution in [2.45, 2.75) is 32.2 Å². The molecular weight excluding hydrogens is 337 g/mol. The van der Waals surface area contributed by atoms with E-state index in [0.717, 1.165) is 18.9 Å². The lowest BCUT2D eigenvalue weighted by molar-refractivity contribution is -0.129. The molecule has 0 spiro atoms. The Labute approximate surface area is 150 Å². The van der Waals surface area contributed by atoms with E-state index in [0.29, 0.717) is 25.4 Å². The predicted molar refractivity (Wildman–Crippen MR) is 94.3 cm³/mol. The second kappa shape index (κ2) is 6.30. The molecule has 1 saturated heterocycles. The number of hydrogen-bond acceptors (Lipinski definition) is 3. The maximum Gasteiger partial charge on any atom is 0.270 e. The monoisotopic (exact) mass is 359 g/mol. The highest BCUT2D eigenvalue weighted by Crippen LogP contribution is 2.33. The average molecular weight is 359 g/mol. The summed E-state index contributed by atoms with van der Waals surface area (Å²) in [5, 5.41) is 13.2. The molecule has 2 fully saturated rings. The smallest absolute Gasteiger partial charge is 0.270 e. The van der Waals surface area contributed by atoms with Crippen molar-refractivity contribution in [2.24, 2.45) is 11.8 Å². The van der Waals surface area contributed by atoms with Gasteiger partial charge in [0.05, 0.1) is 5.52 Å². The minimum atomic E-state index is -0.516. The first-order valence-electron chi connectivity index (χ1n) is 9.02. The molecule has 0 radical (unpaired) electrons. The molecule has 3 N–H and O–H groups in total. The van der Waals surface area contributed by atoms with Crippen LogP contribution < -0.4 is 5.32 Å². The summed E-state index contributed by atoms with van der Waals surface area (Å²) in [6.07, 6.45) is 2.58. The Balaban J connectivity index is 1.42. The number of halogens is 1. The van der Waals surface area contributed by atoms with E-state index in [1.807, 2.05) is 0 Å². The first-order valence-corrected chi connectivity index (χ1v) is 9.02. The molecule has 1 aliphatic heterocycles. The topological polar surface area (TPSA) is 85.4 Å². The number of hydrogen-bond donors (Lipinski definition) is 3. The number of nitrogens with one attached hydrogen (secondary N) is 2. The van der Waals surface area contributed by atoms with E-state index < -0.39 is 5.82 Å².